The summed E-state index contributed by atoms with van der Waals surface area (Å²) in [4.78, 5) is 23.5. The molecule has 0 radical (unpaired) electrons. The van der Waals surface area contributed by atoms with Crippen LogP contribution in [-0.4, -0.2) is 23.5 Å². The van der Waals surface area contributed by atoms with E-state index in [2.05, 4.69) is 5.32 Å². The third kappa shape index (κ3) is 3.83. The van der Waals surface area contributed by atoms with Crippen LogP contribution in [0.4, 0.5) is 0 Å². The topological polar surface area (TPSA) is 66.4 Å². The lowest BCUT2D eigenvalue weighted by molar-refractivity contribution is -0.143. The summed E-state index contributed by atoms with van der Waals surface area (Å²) < 4.78 is 0. The summed E-state index contributed by atoms with van der Waals surface area (Å²) >= 11 is 0. The van der Waals surface area contributed by atoms with Gasteiger partial charge in [-0.2, -0.15) is 0 Å². The van der Waals surface area contributed by atoms with E-state index in [1.807, 2.05) is 19.9 Å². The fraction of sp³-hybridized carbons (Fsp3) is 0.500. The van der Waals surface area contributed by atoms with Crippen LogP contribution in [0.3, 0.4) is 0 Å². The number of nitrogens with one attached hydrogen (secondary N) is 1. The van der Waals surface area contributed by atoms with E-state index in [-0.39, 0.29) is 18.4 Å². The van der Waals surface area contributed by atoms with Gasteiger partial charge < -0.3 is 10.4 Å². The number of carbonyl (C=O) groups excluding carboxylic acids is 1. The standard InChI is InChI=1S/C16H23NO3/c1-4-8-12(2)14(18)17-11-16(3,15(19)20)13-9-6-5-7-10-13/h5-7,9-10,12H,4,8,11H2,1-3H3,(H,17,18)(H,19,20). The fourth-order valence-corrected chi connectivity index (χ4v) is 2.11. The Kier molecular flexibility index (Phi) is 5.74. The molecule has 4 nitrogen and oxygen atoms in total. The molecule has 0 saturated heterocycles. The quantitative estimate of drug-likeness (QED) is 0.805. The van der Waals surface area contributed by atoms with Gasteiger partial charge in [-0.1, -0.05) is 50.6 Å². The summed E-state index contributed by atoms with van der Waals surface area (Å²) in [6.45, 7) is 5.61. The predicted molar refractivity (Wildman–Crippen MR) is 78.5 cm³/mol. The number of amides is 1. The summed E-state index contributed by atoms with van der Waals surface area (Å²) in [6.07, 6.45) is 1.74. The van der Waals surface area contributed by atoms with Gasteiger partial charge in [0.15, 0.2) is 0 Å². The molecule has 4 heteroatoms. The van der Waals surface area contributed by atoms with Crippen molar-refractivity contribution in [3.8, 4) is 0 Å². The molecular weight excluding hydrogens is 254 g/mol. The minimum atomic E-state index is -1.11. The molecule has 0 aliphatic carbocycles. The van der Waals surface area contributed by atoms with Crippen LogP contribution in [-0.2, 0) is 15.0 Å². The average Bonchev–Trinajstić information content (AvgIpc) is 2.45. The van der Waals surface area contributed by atoms with Gasteiger partial charge in [0.25, 0.3) is 0 Å². The largest absolute Gasteiger partial charge is 0.481 e. The number of carbonyl (C=O) groups is 2. The van der Waals surface area contributed by atoms with Crippen LogP contribution in [0.25, 0.3) is 0 Å². The maximum atomic E-state index is 11.9. The normalized spacial score (nSPS) is 15.2. The third-order valence-electron chi connectivity index (χ3n) is 3.67. The molecule has 0 aromatic heterocycles. The van der Waals surface area contributed by atoms with Crippen molar-refractivity contribution in [1.82, 2.24) is 5.32 Å². The highest BCUT2D eigenvalue weighted by atomic mass is 16.4. The van der Waals surface area contributed by atoms with Gasteiger partial charge in [-0.3, -0.25) is 9.59 Å². The van der Waals surface area contributed by atoms with E-state index in [4.69, 9.17) is 0 Å². The second kappa shape index (κ2) is 7.08. The van der Waals surface area contributed by atoms with Crippen LogP contribution < -0.4 is 5.32 Å². The molecule has 0 heterocycles. The molecule has 1 aromatic carbocycles. The van der Waals surface area contributed by atoms with Crippen LogP contribution in [0, 0.1) is 5.92 Å². The SMILES string of the molecule is CCCC(C)C(=O)NCC(C)(C(=O)O)c1ccccc1. The van der Waals surface area contributed by atoms with Gasteiger partial charge in [-0.25, -0.2) is 0 Å². The van der Waals surface area contributed by atoms with E-state index in [0.717, 1.165) is 12.8 Å². The smallest absolute Gasteiger partial charge is 0.315 e. The lowest BCUT2D eigenvalue weighted by atomic mass is 9.82. The van der Waals surface area contributed by atoms with Crippen molar-refractivity contribution < 1.29 is 14.7 Å². The molecule has 110 valence electrons. The number of rotatable bonds is 7. The zero-order chi connectivity index (χ0) is 15.2. The van der Waals surface area contributed by atoms with E-state index in [1.54, 1.807) is 31.2 Å². The molecule has 0 spiro atoms. The first-order chi connectivity index (χ1) is 9.41. The Hall–Kier alpha value is -1.84. The monoisotopic (exact) mass is 277 g/mol. The molecule has 0 aliphatic rings. The summed E-state index contributed by atoms with van der Waals surface area (Å²) in [7, 11) is 0. The van der Waals surface area contributed by atoms with Gasteiger partial charge in [-0.15, -0.1) is 0 Å². The maximum Gasteiger partial charge on any atom is 0.315 e. The highest BCUT2D eigenvalue weighted by Crippen LogP contribution is 2.23. The molecule has 2 N–H and O–H groups in total. The predicted octanol–water partition coefficient (Wildman–Crippen LogP) is 2.58. The highest BCUT2D eigenvalue weighted by Gasteiger charge is 2.35. The Morgan fingerprint density at radius 2 is 1.90 bits per heavy atom. The molecule has 0 fully saturated rings. The van der Waals surface area contributed by atoms with E-state index < -0.39 is 11.4 Å². The first kappa shape index (κ1) is 16.2. The minimum absolute atomic E-state index is 0.0877. The summed E-state index contributed by atoms with van der Waals surface area (Å²) in [6, 6.07) is 9.00. The van der Waals surface area contributed by atoms with Gasteiger partial charge in [0.05, 0.1) is 0 Å². The Balaban J connectivity index is 2.79. The van der Waals surface area contributed by atoms with E-state index in [0.29, 0.717) is 5.56 Å². The van der Waals surface area contributed by atoms with Crippen LogP contribution >= 0.6 is 0 Å². The number of carboxylic acids is 1. The number of benzene rings is 1. The van der Waals surface area contributed by atoms with Gasteiger partial charge in [-0.05, 0) is 18.9 Å². The molecule has 1 rings (SSSR count). The Bertz CT molecular complexity index is 458. The van der Waals surface area contributed by atoms with E-state index >= 15 is 0 Å². The van der Waals surface area contributed by atoms with Gasteiger partial charge >= 0.3 is 5.97 Å². The molecule has 0 aliphatic heterocycles. The van der Waals surface area contributed by atoms with Crippen LogP contribution in [0.1, 0.15) is 39.2 Å². The zero-order valence-electron chi connectivity index (χ0n) is 12.3. The van der Waals surface area contributed by atoms with Crippen molar-refractivity contribution in [2.24, 2.45) is 5.92 Å². The summed E-state index contributed by atoms with van der Waals surface area (Å²) in [5.74, 6) is -1.11. The molecule has 1 aromatic rings. The molecule has 1 amide bonds. The van der Waals surface area contributed by atoms with E-state index in [1.165, 1.54) is 0 Å². The molecule has 0 bridgehead atoms. The molecule has 2 atom stereocenters. The van der Waals surface area contributed by atoms with Crippen molar-refractivity contribution >= 4 is 11.9 Å². The number of hydrogen-bond donors (Lipinski definition) is 2. The number of carboxylic acid groups (broad SMARTS) is 1. The second-order valence-corrected chi connectivity index (χ2v) is 5.41. The van der Waals surface area contributed by atoms with Crippen molar-refractivity contribution in [1.29, 1.82) is 0 Å². The van der Waals surface area contributed by atoms with Crippen LogP contribution in [0.5, 0.6) is 0 Å². The molecule has 20 heavy (non-hydrogen) atoms. The number of aliphatic carboxylic acids is 1. The van der Waals surface area contributed by atoms with Gasteiger partial charge in [0.2, 0.25) is 5.91 Å². The maximum absolute atomic E-state index is 11.9. The summed E-state index contributed by atoms with van der Waals surface area (Å²) in [5.41, 5.74) is -0.418. The van der Waals surface area contributed by atoms with Gasteiger partial charge in [0, 0.05) is 12.5 Å². The van der Waals surface area contributed by atoms with Crippen LogP contribution in [0.2, 0.25) is 0 Å². The zero-order valence-corrected chi connectivity index (χ0v) is 12.3. The second-order valence-electron chi connectivity index (χ2n) is 5.41. The lowest BCUT2D eigenvalue weighted by Crippen LogP contribution is -2.45. The molecule has 2 unspecified atom stereocenters. The Morgan fingerprint density at radius 1 is 1.30 bits per heavy atom. The van der Waals surface area contributed by atoms with E-state index in [9.17, 15) is 14.7 Å². The van der Waals surface area contributed by atoms with Crippen molar-refractivity contribution in [2.75, 3.05) is 6.54 Å². The highest BCUT2D eigenvalue weighted by molar-refractivity contribution is 5.83. The Labute approximate surface area is 120 Å². The molecular formula is C16H23NO3. The average molecular weight is 277 g/mol. The Morgan fingerprint density at radius 3 is 2.40 bits per heavy atom. The van der Waals surface area contributed by atoms with Crippen molar-refractivity contribution in [3.05, 3.63) is 35.9 Å². The fourth-order valence-electron chi connectivity index (χ4n) is 2.11. The lowest BCUT2D eigenvalue weighted by Gasteiger charge is -2.26. The van der Waals surface area contributed by atoms with Gasteiger partial charge in [0.1, 0.15) is 5.41 Å². The third-order valence-corrected chi connectivity index (χ3v) is 3.67. The summed E-state index contributed by atoms with van der Waals surface area (Å²) in [5, 5.41) is 12.3. The van der Waals surface area contributed by atoms with Crippen molar-refractivity contribution in [3.63, 3.8) is 0 Å². The minimum Gasteiger partial charge on any atom is -0.481 e. The van der Waals surface area contributed by atoms with Crippen molar-refractivity contribution in [2.45, 2.75) is 39.0 Å². The first-order valence-corrected chi connectivity index (χ1v) is 6.98. The number of hydrogen-bond acceptors (Lipinski definition) is 2. The molecule has 0 saturated carbocycles. The van der Waals surface area contributed by atoms with Crippen LogP contribution in [0.15, 0.2) is 30.3 Å². The first-order valence-electron chi connectivity index (χ1n) is 6.98.